The average Bonchev–Trinajstić information content (AvgIpc) is 3.46. The van der Waals surface area contributed by atoms with Crippen LogP contribution in [0.25, 0.3) is 41.7 Å². The minimum Gasteiger partial charge on any atom is -0.314 e. The molecule has 0 radical (unpaired) electrons. The largest absolute Gasteiger partial charge is 0.314 e. The van der Waals surface area contributed by atoms with Gasteiger partial charge in [-0.15, -0.1) is 11.3 Å². The summed E-state index contributed by atoms with van der Waals surface area (Å²) in [5.41, 5.74) is 5.27. The van der Waals surface area contributed by atoms with Crippen molar-refractivity contribution in [3.8, 4) is 0 Å². The number of rotatable bonds is 2. The Balaban J connectivity index is 1.56. The van der Waals surface area contributed by atoms with Crippen LogP contribution in [-0.2, 0) is 6.42 Å². The van der Waals surface area contributed by atoms with Gasteiger partial charge in [-0.25, -0.2) is 0 Å². The smallest absolute Gasteiger partial charge is 0.0509 e. The van der Waals surface area contributed by atoms with Crippen molar-refractivity contribution in [3.63, 3.8) is 0 Å². The molecule has 0 atom stereocenters. The molecule has 1 nitrogen and oxygen atoms in total. The van der Waals surface area contributed by atoms with E-state index in [1.807, 2.05) is 11.3 Å². The van der Waals surface area contributed by atoms with E-state index in [2.05, 4.69) is 121 Å². The molecule has 0 aliphatic carbocycles. The SMILES string of the molecule is C/C=C\C=C1/Cc2c(ccc3c2sc2ccc4ccc5ccccc5c4c23)N1c1ccccc1. The highest BCUT2D eigenvalue weighted by Crippen LogP contribution is 2.49. The first-order valence-corrected chi connectivity index (χ1v) is 12.6. The van der Waals surface area contributed by atoms with Gasteiger partial charge < -0.3 is 4.90 Å². The number of hydrogen-bond donors (Lipinski definition) is 0. The average molecular weight is 454 g/mol. The minimum atomic E-state index is 0.942. The van der Waals surface area contributed by atoms with Crippen LogP contribution in [0.2, 0.25) is 0 Å². The zero-order valence-electron chi connectivity index (χ0n) is 19.0. The van der Waals surface area contributed by atoms with Crippen molar-refractivity contribution in [3.05, 3.63) is 120 Å². The molecule has 0 spiro atoms. The second-order valence-electron chi connectivity index (χ2n) is 8.90. The molecule has 0 bridgehead atoms. The highest BCUT2D eigenvalue weighted by Gasteiger charge is 2.28. The highest BCUT2D eigenvalue weighted by atomic mass is 32.1. The molecule has 5 aromatic carbocycles. The van der Waals surface area contributed by atoms with E-state index in [9.17, 15) is 0 Å². The van der Waals surface area contributed by atoms with Gasteiger partial charge >= 0.3 is 0 Å². The third-order valence-electron chi connectivity index (χ3n) is 6.97. The van der Waals surface area contributed by atoms with Gasteiger partial charge in [0.1, 0.15) is 0 Å². The van der Waals surface area contributed by atoms with Gasteiger partial charge in [0.2, 0.25) is 0 Å². The first kappa shape index (κ1) is 19.6. The summed E-state index contributed by atoms with van der Waals surface area (Å²) in [5.74, 6) is 0. The van der Waals surface area contributed by atoms with Crippen LogP contribution < -0.4 is 4.90 Å². The lowest BCUT2D eigenvalue weighted by Gasteiger charge is -2.21. The molecule has 34 heavy (non-hydrogen) atoms. The first-order chi connectivity index (χ1) is 16.8. The molecule has 7 rings (SSSR count). The second kappa shape index (κ2) is 7.58. The lowest BCUT2D eigenvalue weighted by molar-refractivity contribution is 1.15. The Morgan fingerprint density at radius 1 is 0.735 bits per heavy atom. The van der Waals surface area contributed by atoms with Crippen LogP contribution in [0, 0.1) is 0 Å². The Morgan fingerprint density at radius 3 is 2.41 bits per heavy atom. The predicted octanol–water partition coefficient (Wildman–Crippen LogP) is 9.52. The fourth-order valence-electron chi connectivity index (χ4n) is 5.49. The van der Waals surface area contributed by atoms with E-state index in [0.717, 1.165) is 6.42 Å². The van der Waals surface area contributed by atoms with Crippen LogP contribution in [0.3, 0.4) is 0 Å². The fourth-order valence-corrected chi connectivity index (χ4v) is 6.74. The predicted molar refractivity (Wildman–Crippen MR) is 150 cm³/mol. The van der Waals surface area contributed by atoms with E-state index >= 15 is 0 Å². The molecule has 0 fully saturated rings. The highest BCUT2D eigenvalue weighted by molar-refractivity contribution is 7.26. The van der Waals surface area contributed by atoms with Gasteiger partial charge in [0.05, 0.1) is 5.69 Å². The zero-order chi connectivity index (χ0) is 22.6. The number of benzene rings is 5. The van der Waals surface area contributed by atoms with Crippen molar-refractivity contribution < 1.29 is 0 Å². The molecule has 0 saturated carbocycles. The summed E-state index contributed by atoms with van der Waals surface area (Å²) in [5, 5.41) is 8.10. The molecule has 6 aromatic rings. The van der Waals surface area contributed by atoms with E-state index < -0.39 is 0 Å². The third kappa shape index (κ3) is 2.79. The Kier molecular flexibility index (Phi) is 4.36. The summed E-state index contributed by atoms with van der Waals surface area (Å²) < 4.78 is 2.78. The molecule has 1 aromatic heterocycles. The quantitative estimate of drug-likeness (QED) is 0.236. The van der Waals surface area contributed by atoms with Crippen molar-refractivity contribution in [2.45, 2.75) is 13.3 Å². The lowest BCUT2D eigenvalue weighted by Crippen LogP contribution is -2.11. The van der Waals surface area contributed by atoms with Crippen LogP contribution in [0.5, 0.6) is 0 Å². The maximum absolute atomic E-state index is 2.42. The molecule has 0 amide bonds. The molecule has 2 heteroatoms. The Hall–Kier alpha value is -3.88. The maximum atomic E-state index is 2.42. The van der Waals surface area contributed by atoms with Gasteiger partial charge in [-0.1, -0.05) is 78.9 Å². The molecule has 0 unspecified atom stereocenters. The summed E-state index contributed by atoms with van der Waals surface area (Å²) in [7, 11) is 0. The van der Waals surface area contributed by atoms with Crippen LogP contribution in [0.1, 0.15) is 12.5 Å². The summed E-state index contributed by atoms with van der Waals surface area (Å²) in [6.45, 7) is 2.08. The van der Waals surface area contributed by atoms with E-state index in [4.69, 9.17) is 0 Å². The minimum absolute atomic E-state index is 0.942. The number of allylic oxidation sites excluding steroid dienone is 4. The molecular formula is C32H23NS. The third-order valence-corrected chi connectivity index (χ3v) is 8.20. The summed E-state index contributed by atoms with van der Waals surface area (Å²) >= 11 is 1.94. The van der Waals surface area contributed by atoms with Gasteiger partial charge in [-0.05, 0) is 64.4 Å². The van der Waals surface area contributed by atoms with Crippen LogP contribution >= 0.6 is 11.3 Å². The van der Waals surface area contributed by atoms with Gasteiger partial charge in [-0.2, -0.15) is 0 Å². The molecule has 0 saturated heterocycles. The molecule has 0 N–H and O–H groups in total. The molecule has 162 valence electrons. The molecule has 2 heterocycles. The standard InChI is InChI=1S/C32H23NS/c1-2-3-10-24-20-27-28(33(24)23-11-5-4-6-12-23)18-17-26-31-29(34-32(26)27)19-16-22-15-14-21-9-7-8-13-25(21)30(22)31/h2-19H,20H2,1H3/b3-2-,24-10+. The van der Waals surface area contributed by atoms with Gasteiger partial charge in [-0.3, -0.25) is 0 Å². The monoisotopic (exact) mass is 453 g/mol. The number of para-hydroxylation sites is 1. The number of hydrogen-bond acceptors (Lipinski definition) is 2. The van der Waals surface area contributed by atoms with E-state index in [0.29, 0.717) is 0 Å². The maximum Gasteiger partial charge on any atom is 0.0509 e. The summed E-state index contributed by atoms with van der Waals surface area (Å²) in [4.78, 5) is 2.42. The second-order valence-corrected chi connectivity index (χ2v) is 9.95. The van der Waals surface area contributed by atoms with Crippen LogP contribution in [-0.4, -0.2) is 0 Å². The van der Waals surface area contributed by atoms with Gasteiger partial charge in [0.25, 0.3) is 0 Å². The fraction of sp³-hybridized carbons (Fsp3) is 0.0625. The Labute approximate surface area is 202 Å². The van der Waals surface area contributed by atoms with Crippen molar-refractivity contribution >= 4 is 64.4 Å². The van der Waals surface area contributed by atoms with Crippen molar-refractivity contribution in [2.75, 3.05) is 4.90 Å². The summed E-state index contributed by atoms with van der Waals surface area (Å²) in [6, 6.07) is 33.3. The summed E-state index contributed by atoms with van der Waals surface area (Å²) in [6.07, 6.45) is 7.46. The Morgan fingerprint density at radius 2 is 1.53 bits per heavy atom. The topological polar surface area (TPSA) is 3.24 Å². The molecule has 1 aliphatic rings. The number of thiophene rings is 1. The number of anilines is 2. The molecule has 1 aliphatic heterocycles. The Bertz CT molecular complexity index is 1790. The van der Waals surface area contributed by atoms with Crippen molar-refractivity contribution in [1.29, 1.82) is 0 Å². The van der Waals surface area contributed by atoms with E-state index in [1.165, 1.54) is 64.4 Å². The zero-order valence-corrected chi connectivity index (χ0v) is 19.8. The number of fused-ring (bicyclic) bond motifs is 9. The normalized spacial score (nSPS) is 15.0. The number of nitrogens with zero attached hydrogens (tertiary/aromatic N) is 1. The van der Waals surface area contributed by atoms with E-state index in [1.54, 1.807) is 0 Å². The van der Waals surface area contributed by atoms with Crippen molar-refractivity contribution in [1.82, 2.24) is 0 Å². The first-order valence-electron chi connectivity index (χ1n) is 11.8. The van der Waals surface area contributed by atoms with E-state index in [-0.39, 0.29) is 0 Å². The van der Waals surface area contributed by atoms with Crippen LogP contribution in [0.4, 0.5) is 11.4 Å². The van der Waals surface area contributed by atoms with Crippen molar-refractivity contribution in [2.24, 2.45) is 0 Å². The molecular weight excluding hydrogens is 430 g/mol. The van der Waals surface area contributed by atoms with Gasteiger partial charge in [0.15, 0.2) is 0 Å². The van der Waals surface area contributed by atoms with Gasteiger partial charge in [0, 0.05) is 38.0 Å². The lowest BCUT2D eigenvalue weighted by atomic mass is 9.97. The van der Waals surface area contributed by atoms with Crippen LogP contribution in [0.15, 0.2) is 115 Å².